The highest BCUT2D eigenvalue weighted by atomic mass is 15.3. The lowest BCUT2D eigenvalue weighted by Crippen LogP contribution is -2.46. The third kappa shape index (κ3) is 1.11. The fourth-order valence-corrected chi connectivity index (χ4v) is 2.26. The third-order valence-corrected chi connectivity index (χ3v) is 3.38. The van der Waals surface area contributed by atoms with Crippen molar-refractivity contribution in [2.45, 2.75) is 38.6 Å². The maximum absolute atomic E-state index is 4.64. The molecule has 2 aliphatic rings. The molecule has 0 radical (unpaired) electrons. The quantitative estimate of drug-likeness (QED) is 0.671. The molecule has 0 amide bonds. The summed E-state index contributed by atoms with van der Waals surface area (Å²) >= 11 is 0. The lowest BCUT2D eigenvalue weighted by Gasteiger charge is -2.38. The maximum atomic E-state index is 4.64. The average molecular weight is 189 g/mol. The van der Waals surface area contributed by atoms with Gasteiger partial charge < -0.3 is 4.90 Å². The molecule has 0 unspecified atom stereocenters. The second-order valence-electron chi connectivity index (χ2n) is 4.33. The smallest absolute Gasteiger partial charge is 0.225 e. The lowest BCUT2D eigenvalue weighted by molar-refractivity contribution is 0.470. The van der Waals surface area contributed by atoms with Crippen LogP contribution < -0.4 is 4.90 Å². The van der Waals surface area contributed by atoms with Crippen LogP contribution in [-0.4, -0.2) is 22.6 Å². The summed E-state index contributed by atoms with van der Waals surface area (Å²) in [6.45, 7) is 3.36. The Kier molecular flexibility index (Phi) is 1.72. The standard InChI is InChI=1S/C11H15N3/c1-8-5-6-14(8)11-12-7-9-3-2-4-10(9)13-11/h7-8H,2-6H2,1H3/t8-/m0/s1. The van der Waals surface area contributed by atoms with Crippen molar-refractivity contribution in [1.29, 1.82) is 0 Å². The van der Waals surface area contributed by atoms with Gasteiger partial charge in [-0.1, -0.05) is 0 Å². The average Bonchev–Trinajstić information content (AvgIpc) is 2.62. The Labute approximate surface area is 84.2 Å². The molecule has 2 heterocycles. The minimum absolute atomic E-state index is 0.634. The number of hydrogen-bond donors (Lipinski definition) is 0. The van der Waals surface area contributed by atoms with Crippen LogP contribution in [0.2, 0.25) is 0 Å². The summed E-state index contributed by atoms with van der Waals surface area (Å²) in [6, 6.07) is 0.634. The number of nitrogens with zero attached hydrogens (tertiary/aromatic N) is 3. The lowest BCUT2D eigenvalue weighted by atomic mass is 10.1. The van der Waals surface area contributed by atoms with Gasteiger partial charge in [0.05, 0.1) is 0 Å². The van der Waals surface area contributed by atoms with Gasteiger partial charge >= 0.3 is 0 Å². The summed E-state index contributed by atoms with van der Waals surface area (Å²) in [5.41, 5.74) is 2.65. The first kappa shape index (κ1) is 8.21. The van der Waals surface area contributed by atoms with Crippen LogP contribution >= 0.6 is 0 Å². The SMILES string of the molecule is C[C@H]1CCN1c1ncc2c(n1)CCC2. The fraction of sp³-hybridized carbons (Fsp3) is 0.636. The Balaban J connectivity index is 1.92. The van der Waals surface area contributed by atoms with Crippen molar-refractivity contribution in [3.8, 4) is 0 Å². The van der Waals surface area contributed by atoms with Crippen LogP contribution in [0.15, 0.2) is 6.20 Å². The van der Waals surface area contributed by atoms with Crippen molar-refractivity contribution in [2.24, 2.45) is 0 Å². The Bertz CT molecular complexity index is 362. The predicted octanol–water partition coefficient (Wildman–Crippen LogP) is 1.56. The van der Waals surface area contributed by atoms with E-state index in [0.717, 1.165) is 18.9 Å². The molecule has 1 aromatic rings. The first-order valence-corrected chi connectivity index (χ1v) is 5.46. The van der Waals surface area contributed by atoms with E-state index in [0.29, 0.717) is 6.04 Å². The monoisotopic (exact) mass is 189 g/mol. The van der Waals surface area contributed by atoms with Gasteiger partial charge in [-0.2, -0.15) is 0 Å². The number of aryl methyl sites for hydroxylation is 2. The molecule has 0 spiro atoms. The van der Waals surface area contributed by atoms with Gasteiger partial charge in [0.1, 0.15) is 0 Å². The molecule has 3 heteroatoms. The molecular formula is C11H15N3. The van der Waals surface area contributed by atoms with Gasteiger partial charge in [-0.3, -0.25) is 0 Å². The molecule has 0 bridgehead atoms. The van der Waals surface area contributed by atoms with Crippen LogP contribution in [0.25, 0.3) is 0 Å². The molecule has 14 heavy (non-hydrogen) atoms. The highest BCUT2D eigenvalue weighted by Crippen LogP contribution is 2.26. The molecular weight excluding hydrogens is 174 g/mol. The summed E-state index contributed by atoms with van der Waals surface area (Å²) in [5, 5.41) is 0. The largest absolute Gasteiger partial charge is 0.338 e. The Morgan fingerprint density at radius 3 is 3.07 bits per heavy atom. The maximum Gasteiger partial charge on any atom is 0.225 e. The van der Waals surface area contributed by atoms with Crippen LogP contribution in [0.4, 0.5) is 5.95 Å². The highest BCUT2D eigenvalue weighted by Gasteiger charge is 2.26. The normalized spacial score (nSPS) is 24.6. The summed E-state index contributed by atoms with van der Waals surface area (Å²) in [7, 11) is 0. The fourth-order valence-electron chi connectivity index (χ4n) is 2.26. The van der Waals surface area contributed by atoms with Gasteiger partial charge in [0, 0.05) is 24.5 Å². The van der Waals surface area contributed by atoms with Crippen molar-refractivity contribution in [1.82, 2.24) is 9.97 Å². The minimum Gasteiger partial charge on any atom is -0.338 e. The van der Waals surface area contributed by atoms with E-state index < -0.39 is 0 Å². The predicted molar refractivity (Wildman–Crippen MR) is 55.5 cm³/mol. The Morgan fingerprint density at radius 2 is 2.36 bits per heavy atom. The number of rotatable bonds is 1. The Morgan fingerprint density at radius 1 is 1.43 bits per heavy atom. The van der Waals surface area contributed by atoms with E-state index in [4.69, 9.17) is 0 Å². The molecule has 1 aliphatic heterocycles. The first-order valence-electron chi connectivity index (χ1n) is 5.46. The molecule has 3 nitrogen and oxygen atoms in total. The highest BCUT2D eigenvalue weighted by molar-refractivity contribution is 5.38. The third-order valence-electron chi connectivity index (χ3n) is 3.38. The summed E-state index contributed by atoms with van der Waals surface area (Å²) < 4.78 is 0. The minimum atomic E-state index is 0.634. The first-order chi connectivity index (χ1) is 6.84. The summed E-state index contributed by atoms with van der Waals surface area (Å²) in [5.74, 6) is 0.949. The molecule has 0 N–H and O–H groups in total. The number of hydrogen-bond acceptors (Lipinski definition) is 3. The van der Waals surface area contributed by atoms with Gasteiger partial charge in [0.25, 0.3) is 0 Å². The molecule has 1 fully saturated rings. The van der Waals surface area contributed by atoms with Crippen LogP contribution in [0, 0.1) is 0 Å². The molecule has 1 atom stereocenters. The van der Waals surface area contributed by atoms with E-state index in [2.05, 4.69) is 21.8 Å². The van der Waals surface area contributed by atoms with Gasteiger partial charge in [-0.15, -0.1) is 0 Å². The summed E-state index contributed by atoms with van der Waals surface area (Å²) in [6.07, 6.45) is 6.87. The molecule has 0 aromatic carbocycles. The number of fused-ring (bicyclic) bond motifs is 1. The van der Waals surface area contributed by atoms with Gasteiger partial charge in [-0.05, 0) is 38.2 Å². The van der Waals surface area contributed by atoms with Crippen LogP contribution in [0.3, 0.4) is 0 Å². The van der Waals surface area contributed by atoms with Crippen molar-refractivity contribution in [2.75, 3.05) is 11.4 Å². The summed E-state index contributed by atoms with van der Waals surface area (Å²) in [4.78, 5) is 11.4. The van der Waals surface area contributed by atoms with Crippen molar-refractivity contribution in [3.05, 3.63) is 17.5 Å². The van der Waals surface area contributed by atoms with Crippen molar-refractivity contribution in [3.63, 3.8) is 0 Å². The van der Waals surface area contributed by atoms with Gasteiger partial charge in [-0.25, -0.2) is 9.97 Å². The van der Waals surface area contributed by atoms with Crippen LogP contribution in [0.1, 0.15) is 31.0 Å². The Hall–Kier alpha value is -1.12. The molecule has 1 aromatic heterocycles. The van der Waals surface area contributed by atoms with E-state index >= 15 is 0 Å². The van der Waals surface area contributed by atoms with Gasteiger partial charge in [0.2, 0.25) is 5.95 Å². The molecule has 3 rings (SSSR count). The van der Waals surface area contributed by atoms with Crippen molar-refractivity contribution < 1.29 is 0 Å². The van der Waals surface area contributed by atoms with E-state index in [9.17, 15) is 0 Å². The zero-order chi connectivity index (χ0) is 9.54. The van der Waals surface area contributed by atoms with Crippen molar-refractivity contribution >= 4 is 5.95 Å². The van der Waals surface area contributed by atoms with Crippen LogP contribution in [0.5, 0.6) is 0 Å². The molecule has 0 saturated carbocycles. The molecule has 1 saturated heterocycles. The zero-order valence-electron chi connectivity index (χ0n) is 8.53. The van der Waals surface area contributed by atoms with Gasteiger partial charge in [0.15, 0.2) is 0 Å². The second-order valence-corrected chi connectivity index (χ2v) is 4.33. The van der Waals surface area contributed by atoms with E-state index in [1.807, 2.05) is 6.20 Å². The molecule has 1 aliphatic carbocycles. The zero-order valence-corrected chi connectivity index (χ0v) is 8.53. The van der Waals surface area contributed by atoms with E-state index in [-0.39, 0.29) is 0 Å². The van der Waals surface area contributed by atoms with E-state index in [1.54, 1.807) is 0 Å². The number of aromatic nitrogens is 2. The number of anilines is 1. The molecule has 74 valence electrons. The van der Waals surface area contributed by atoms with Crippen LogP contribution in [-0.2, 0) is 12.8 Å². The topological polar surface area (TPSA) is 29.0 Å². The second kappa shape index (κ2) is 2.94. The van der Waals surface area contributed by atoms with E-state index in [1.165, 1.54) is 30.5 Å².